The van der Waals surface area contributed by atoms with Crippen molar-refractivity contribution in [1.29, 1.82) is 0 Å². The third-order valence-corrected chi connectivity index (χ3v) is 2.90. The van der Waals surface area contributed by atoms with E-state index in [9.17, 15) is 18.3 Å². The summed E-state index contributed by atoms with van der Waals surface area (Å²) in [6, 6.07) is 6.14. The molecule has 1 aromatic heterocycles. The summed E-state index contributed by atoms with van der Waals surface area (Å²) in [6.07, 6.45) is -2.96. The molecule has 2 rings (SSSR count). The summed E-state index contributed by atoms with van der Waals surface area (Å²) in [7, 11) is 1.42. The van der Waals surface area contributed by atoms with E-state index < -0.39 is 11.7 Å². The standard InChI is InChI=1S/C15H12F3NO2/c1-9(20)13-7-14(21-2)12(8-19-13)10-3-5-11(6-4-10)15(16,17)18/h3-8,20H,1H2,2H3. The van der Waals surface area contributed by atoms with Crippen LogP contribution in [0, 0.1) is 0 Å². The highest BCUT2D eigenvalue weighted by Gasteiger charge is 2.30. The number of benzene rings is 1. The first-order valence-corrected chi connectivity index (χ1v) is 5.93. The first-order chi connectivity index (χ1) is 9.82. The third kappa shape index (κ3) is 3.16. The summed E-state index contributed by atoms with van der Waals surface area (Å²) < 4.78 is 42.8. The Morgan fingerprint density at radius 3 is 2.33 bits per heavy atom. The van der Waals surface area contributed by atoms with Crippen LogP contribution in [0.4, 0.5) is 13.2 Å². The molecule has 0 radical (unpaired) electrons. The predicted molar refractivity (Wildman–Crippen MR) is 72.9 cm³/mol. The Kier molecular flexibility index (Phi) is 3.88. The van der Waals surface area contributed by atoms with Crippen LogP contribution in [0.25, 0.3) is 16.9 Å². The molecule has 0 aliphatic carbocycles. The van der Waals surface area contributed by atoms with Gasteiger partial charge in [-0.2, -0.15) is 13.2 Å². The highest BCUT2D eigenvalue weighted by Crippen LogP contribution is 2.34. The summed E-state index contributed by atoms with van der Waals surface area (Å²) in [5, 5.41) is 9.29. The lowest BCUT2D eigenvalue weighted by atomic mass is 10.0. The van der Waals surface area contributed by atoms with E-state index >= 15 is 0 Å². The lowest BCUT2D eigenvalue weighted by Gasteiger charge is -2.11. The van der Waals surface area contributed by atoms with Crippen molar-refractivity contribution < 1.29 is 23.0 Å². The maximum absolute atomic E-state index is 12.5. The minimum Gasteiger partial charge on any atom is -0.506 e. The summed E-state index contributed by atoms with van der Waals surface area (Å²) in [5.74, 6) is 0.169. The van der Waals surface area contributed by atoms with Crippen molar-refractivity contribution in [2.24, 2.45) is 0 Å². The number of aliphatic hydroxyl groups is 1. The molecule has 1 N–H and O–H groups in total. The van der Waals surface area contributed by atoms with Gasteiger partial charge in [-0.1, -0.05) is 18.7 Å². The second-order valence-corrected chi connectivity index (χ2v) is 4.29. The van der Waals surface area contributed by atoms with Gasteiger partial charge < -0.3 is 9.84 Å². The molecule has 0 saturated heterocycles. The first-order valence-electron chi connectivity index (χ1n) is 5.93. The molecule has 0 aliphatic rings. The molecule has 0 spiro atoms. The Morgan fingerprint density at radius 1 is 1.24 bits per heavy atom. The topological polar surface area (TPSA) is 42.4 Å². The zero-order valence-electron chi connectivity index (χ0n) is 11.1. The van der Waals surface area contributed by atoms with Crippen LogP contribution in [-0.4, -0.2) is 17.2 Å². The van der Waals surface area contributed by atoms with Crippen LogP contribution in [0.3, 0.4) is 0 Å². The lowest BCUT2D eigenvalue weighted by Crippen LogP contribution is -2.04. The van der Waals surface area contributed by atoms with Gasteiger partial charge in [0.1, 0.15) is 17.2 Å². The van der Waals surface area contributed by atoms with Crippen molar-refractivity contribution >= 4 is 5.76 Å². The van der Waals surface area contributed by atoms with E-state index in [2.05, 4.69) is 11.6 Å². The Balaban J connectivity index is 2.44. The van der Waals surface area contributed by atoms with Crippen LogP contribution < -0.4 is 4.74 Å². The molecule has 3 nitrogen and oxygen atoms in total. The molecular formula is C15H12F3NO2. The van der Waals surface area contributed by atoms with Crippen LogP contribution in [0.5, 0.6) is 5.75 Å². The quantitative estimate of drug-likeness (QED) is 0.858. The summed E-state index contributed by atoms with van der Waals surface area (Å²) in [4.78, 5) is 3.98. The second kappa shape index (κ2) is 5.47. The Bertz CT molecular complexity index is 664. The van der Waals surface area contributed by atoms with Crippen LogP contribution >= 0.6 is 0 Å². The molecule has 110 valence electrons. The van der Waals surface area contributed by atoms with Crippen LogP contribution in [0.15, 0.2) is 43.1 Å². The molecule has 6 heteroatoms. The molecule has 21 heavy (non-hydrogen) atoms. The number of pyridine rings is 1. The lowest BCUT2D eigenvalue weighted by molar-refractivity contribution is -0.137. The highest BCUT2D eigenvalue weighted by atomic mass is 19.4. The van der Waals surface area contributed by atoms with Gasteiger partial charge in [-0.15, -0.1) is 0 Å². The zero-order chi connectivity index (χ0) is 15.6. The normalized spacial score (nSPS) is 11.2. The number of nitrogens with zero attached hydrogens (tertiary/aromatic N) is 1. The highest BCUT2D eigenvalue weighted by molar-refractivity contribution is 5.71. The second-order valence-electron chi connectivity index (χ2n) is 4.29. The smallest absolute Gasteiger partial charge is 0.416 e. The van der Waals surface area contributed by atoms with Gasteiger partial charge >= 0.3 is 6.18 Å². The van der Waals surface area contributed by atoms with Gasteiger partial charge in [0.2, 0.25) is 0 Å². The Morgan fingerprint density at radius 2 is 1.86 bits per heavy atom. The number of alkyl halides is 3. The number of hydrogen-bond acceptors (Lipinski definition) is 3. The van der Waals surface area contributed by atoms with E-state index in [1.165, 1.54) is 31.5 Å². The van der Waals surface area contributed by atoms with Crippen molar-refractivity contribution in [2.75, 3.05) is 7.11 Å². The van der Waals surface area contributed by atoms with E-state index in [4.69, 9.17) is 4.74 Å². The van der Waals surface area contributed by atoms with E-state index in [0.717, 1.165) is 12.1 Å². The molecule has 2 aromatic rings. The zero-order valence-corrected chi connectivity index (χ0v) is 11.1. The van der Waals surface area contributed by atoms with E-state index in [1.807, 2.05) is 0 Å². The van der Waals surface area contributed by atoms with Crippen molar-refractivity contribution in [2.45, 2.75) is 6.18 Å². The number of ether oxygens (including phenoxy) is 1. The SMILES string of the molecule is C=C(O)c1cc(OC)c(-c2ccc(C(F)(F)F)cc2)cn1. The Hall–Kier alpha value is -2.50. The molecule has 1 heterocycles. The maximum Gasteiger partial charge on any atom is 0.416 e. The van der Waals surface area contributed by atoms with Gasteiger partial charge in [-0.3, -0.25) is 4.98 Å². The van der Waals surface area contributed by atoms with Gasteiger partial charge in [-0.25, -0.2) is 0 Å². The van der Waals surface area contributed by atoms with Gasteiger partial charge in [0, 0.05) is 17.8 Å². The van der Waals surface area contributed by atoms with E-state index in [1.54, 1.807) is 0 Å². The van der Waals surface area contributed by atoms with Gasteiger partial charge in [0.25, 0.3) is 0 Å². The Labute approximate surface area is 119 Å². The summed E-state index contributed by atoms with van der Waals surface area (Å²) in [5.41, 5.74) is 0.569. The molecule has 0 aliphatic heterocycles. The van der Waals surface area contributed by atoms with E-state index in [-0.39, 0.29) is 11.5 Å². The van der Waals surface area contributed by atoms with Crippen molar-refractivity contribution in [1.82, 2.24) is 4.98 Å². The minimum atomic E-state index is -4.38. The molecule has 0 fully saturated rings. The van der Waals surface area contributed by atoms with Crippen molar-refractivity contribution in [3.8, 4) is 16.9 Å². The fourth-order valence-corrected chi connectivity index (χ4v) is 1.82. The van der Waals surface area contributed by atoms with Crippen LogP contribution in [0.1, 0.15) is 11.3 Å². The molecule has 0 atom stereocenters. The van der Waals surface area contributed by atoms with Gasteiger partial charge in [0.05, 0.1) is 12.7 Å². The summed E-state index contributed by atoms with van der Waals surface area (Å²) in [6.45, 7) is 3.35. The largest absolute Gasteiger partial charge is 0.506 e. The van der Waals surface area contributed by atoms with Crippen molar-refractivity contribution in [3.05, 3.63) is 54.4 Å². The molecule has 0 saturated carbocycles. The summed E-state index contributed by atoms with van der Waals surface area (Å²) >= 11 is 0. The number of halogens is 3. The van der Waals surface area contributed by atoms with Gasteiger partial charge in [-0.05, 0) is 17.7 Å². The molecule has 0 bridgehead atoms. The fourth-order valence-electron chi connectivity index (χ4n) is 1.82. The van der Waals surface area contributed by atoms with Crippen LogP contribution in [-0.2, 0) is 6.18 Å². The average molecular weight is 295 g/mol. The molecule has 1 aromatic carbocycles. The fraction of sp³-hybridized carbons (Fsp3) is 0.133. The third-order valence-electron chi connectivity index (χ3n) is 2.90. The molecule has 0 unspecified atom stereocenters. The number of rotatable bonds is 3. The molecule has 0 amide bonds. The average Bonchev–Trinajstić information content (AvgIpc) is 2.45. The predicted octanol–water partition coefficient (Wildman–Crippen LogP) is 4.30. The number of aliphatic hydroxyl groups excluding tert-OH is 1. The monoisotopic (exact) mass is 295 g/mol. The first kappa shape index (κ1) is 14.9. The number of hydrogen-bond donors (Lipinski definition) is 1. The van der Waals surface area contributed by atoms with Crippen molar-refractivity contribution in [3.63, 3.8) is 0 Å². The molecular weight excluding hydrogens is 283 g/mol. The number of aromatic nitrogens is 1. The van der Waals surface area contributed by atoms with E-state index in [0.29, 0.717) is 16.9 Å². The minimum absolute atomic E-state index is 0.215. The van der Waals surface area contributed by atoms with Gasteiger partial charge in [0.15, 0.2) is 0 Å². The van der Waals surface area contributed by atoms with Crippen LogP contribution in [0.2, 0.25) is 0 Å². The number of methoxy groups -OCH3 is 1. The maximum atomic E-state index is 12.5.